The Balaban J connectivity index is 0.669. The number of imide groups is 1. The van der Waals surface area contributed by atoms with Crippen LogP contribution in [0.15, 0.2) is 48.7 Å². The second-order valence-electron chi connectivity index (χ2n) is 17.9. The maximum absolute atomic E-state index is 13.5. The number of nitrogens with zero attached hydrogens (tertiary/aromatic N) is 8. The number of amides is 4. The lowest BCUT2D eigenvalue weighted by molar-refractivity contribution is -0.138. The van der Waals surface area contributed by atoms with E-state index in [-0.39, 0.29) is 36.6 Å². The molecule has 62 heavy (non-hydrogen) atoms. The van der Waals surface area contributed by atoms with E-state index in [1.54, 1.807) is 4.90 Å². The number of carbonyl (C=O) groups is 4. The number of pyridine rings is 2. The Hall–Kier alpha value is -5.76. The number of aromatic nitrogens is 2. The summed E-state index contributed by atoms with van der Waals surface area (Å²) in [6.45, 7) is 15.4. The van der Waals surface area contributed by atoms with E-state index in [1.807, 2.05) is 35.4 Å². The summed E-state index contributed by atoms with van der Waals surface area (Å²) < 4.78 is 40.5. The maximum atomic E-state index is 13.5. The zero-order valence-electron chi connectivity index (χ0n) is 34.6. The lowest BCUT2D eigenvalue weighted by atomic mass is 9.72. The minimum Gasteiger partial charge on any atom is -0.372 e. The van der Waals surface area contributed by atoms with Crippen LogP contribution in [0.4, 0.5) is 41.9 Å². The predicted octanol–water partition coefficient (Wildman–Crippen LogP) is 5.87. The molecule has 14 nitrogen and oxygen atoms in total. The van der Waals surface area contributed by atoms with Crippen molar-refractivity contribution in [2.75, 3.05) is 78.9 Å². The first kappa shape index (κ1) is 41.6. The van der Waals surface area contributed by atoms with Crippen molar-refractivity contribution in [3.05, 3.63) is 76.9 Å². The molecule has 0 saturated carbocycles. The first-order valence-electron chi connectivity index (χ1n) is 21.8. The molecule has 0 aliphatic carbocycles. The van der Waals surface area contributed by atoms with Crippen molar-refractivity contribution in [3.8, 4) is 0 Å². The minimum absolute atomic E-state index is 0.140. The summed E-state index contributed by atoms with van der Waals surface area (Å²) >= 11 is 0. The van der Waals surface area contributed by atoms with Gasteiger partial charge in [-0.15, -0.1) is 0 Å². The number of anilines is 4. The standard InChI is InChI=1S/C45H51F3N10O4/c1-49-35-5-2-31(24-34(35)45(46,47)48)55-20-13-30(14-21-55)41(60)52-38-7-3-32(25-50-38)56-18-11-29(12-19-56)10-17-54-22-15-44(16-23-54)27-57(28-44)39-8-4-33-36(51-39)26-58(43(33)62)37-6-9-40(59)53-42(37)61/h2-5,7-8,24-25,29-30,37H,6,9-23,26-28H2,(H,50,52,60)(H,53,59,61). The third-order valence-electron chi connectivity index (χ3n) is 14.1. The Labute approximate surface area is 358 Å². The van der Waals surface area contributed by atoms with E-state index in [0.717, 1.165) is 89.1 Å². The summed E-state index contributed by atoms with van der Waals surface area (Å²) in [5.41, 5.74) is 1.62. The van der Waals surface area contributed by atoms with Gasteiger partial charge in [-0.2, -0.15) is 13.2 Å². The summed E-state index contributed by atoms with van der Waals surface area (Å²) in [5.74, 6) is 0.711. The largest absolute Gasteiger partial charge is 0.407 e. The van der Waals surface area contributed by atoms with Crippen molar-refractivity contribution in [2.45, 2.75) is 76.6 Å². The lowest BCUT2D eigenvalue weighted by Gasteiger charge is -2.54. The number of carbonyl (C=O) groups excluding carboxylic acids is 4. The molecule has 1 atom stereocenters. The third-order valence-corrected chi connectivity index (χ3v) is 14.1. The highest BCUT2D eigenvalue weighted by Gasteiger charge is 2.46. The van der Waals surface area contributed by atoms with Crippen LogP contribution in [0.5, 0.6) is 0 Å². The number of halogens is 3. The van der Waals surface area contributed by atoms with E-state index < -0.39 is 29.4 Å². The number of fused-ring (bicyclic) bond motifs is 1. The summed E-state index contributed by atoms with van der Waals surface area (Å²) in [4.78, 5) is 73.3. The van der Waals surface area contributed by atoms with E-state index in [2.05, 4.69) is 35.2 Å². The molecular formula is C45H51F3N10O4. The molecule has 1 aromatic carbocycles. The van der Waals surface area contributed by atoms with Crippen molar-refractivity contribution in [2.24, 2.45) is 17.3 Å². The van der Waals surface area contributed by atoms with Crippen molar-refractivity contribution >= 4 is 52.3 Å². The van der Waals surface area contributed by atoms with Gasteiger partial charge < -0.3 is 29.8 Å². The highest BCUT2D eigenvalue weighted by Crippen LogP contribution is 2.43. The fraction of sp³-hybridized carbons (Fsp3) is 0.533. The lowest BCUT2D eigenvalue weighted by Crippen LogP contribution is -2.60. The molecule has 2 N–H and O–H groups in total. The van der Waals surface area contributed by atoms with Gasteiger partial charge in [0, 0.05) is 62.7 Å². The van der Waals surface area contributed by atoms with Crippen molar-refractivity contribution in [3.63, 3.8) is 0 Å². The van der Waals surface area contributed by atoms with Crippen LogP contribution in [-0.2, 0) is 27.1 Å². The van der Waals surface area contributed by atoms with Gasteiger partial charge in [0.2, 0.25) is 17.7 Å². The molecule has 6 aliphatic rings. The molecule has 17 heteroatoms. The van der Waals surface area contributed by atoms with Gasteiger partial charge in [0.1, 0.15) is 17.7 Å². The molecule has 5 fully saturated rings. The molecule has 2 aromatic heterocycles. The molecule has 326 valence electrons. The van der Waals surface area contributed by atoms with Gasteiger partial charge in [0.15, 0.2) is 5.69 Å². The van der Waals surface area contributed by atoms with E-state index in [0.29, 0.717) is 66.4 Å². The number of piperidine rings is 4. The number of hydrogen-bond acceptors (Lipinski definition) is 10. The highest BCUT2D eigenvalue weighted by molar-refractivity contribution is 6.05. The van der Waals surface area contributed by atoms with E-state index in [1.165, 1.54) is 18.6 Å². The molecule has 0 bridgehead atoms. The summed E-state index contributed by atoms with van der Waals surface area (Å²) in [6.07, 6.45) is 4.52. The monoisotopic (exact) mass is 852 g/mol. The Morgan fingerprint density at radius 2 is 1.60 bits per heavy atom. The maximum Gasteiger partial charge on any atom is 0.407 e. The topological polar surface area (TPSA) is 139 Å². The molecule has 6 aliphatic heterocycles. The number of alkyl halides is 3. The van der Waals surface area contributed by atoms with Crippen molar-refractivity contribution in [1.82, 2.24) is 25.1 Å². The van der Waals surface area contributed by atoms with Crippen molar-refractivity contribution < 1.29 is 32.3 Å². The first-order valence-corrected chi connectivity index (χ1v) is 21.8. The average Bonchev–Trinajstić information content (AvgIpc) is 3.59. The van der Waals surface area contributed by atoms with Crippen LogP contribution < -0.4 is 25.3 Å². The number of rotatable bonds is 9. The average molecular weight is 853 g/mol. The van der Waals surface area contributed by atoms with Gasteiger partial charge in [-0.3, -0.25) is 24.5 Å². The fourth-order valence-electron chi connectivity index (χ4n) is 10.3. The predicted molar refractivity (Wildman–Crippen MR) is 226 cm³/mol. The van der Waals surface area contributed by atoms with Crippen LogP contribution in [0.3, 0.4) is 0 Å². The number of hydrogen-bond donors (Lipinski definition) is 2. The fourth-order valence-corrected chi connectivity index (χ4v) is 10.3. The van der Waals surface area contributed by atoms with E-state index in [4.69, 9.17) is 11.6 Å². The van der Waals surface area contributed by atoms with E-state index >= 15 is 0 Å². The normalized spacial score (nSPS) is 22.4. The molecule has 0 radical (unpaired) electrons. The van der Waals surface area contributed by atoms with Gasteiger partial charge in [0.05, 0.1) is 41.8 Å². The summed E-state index contributed by atoms with van der Waals surface area (Å²) in [7, 11) is 0. The minimum atomic E-state index is -4.61. The molecule has 5 saturated heterocycles. The first-order chi connectivity index (χ1) is 29.8. The van der Waals surface area contributed by atoms with E-state index in [9.17, 15) is 32.3 Å². The quantitative estimate of drug-likeness (QED) is 0.199. The Morgan fingerprint density at radius 1 is 0.887 bits per heavy atom. The van der Waals surface area contributed by atoms with Gasteiger partial charge in [-0.1, -0.05) is 6.07 Å². The number of nitrogens with one attached hydrogen (secondary N) is 2. The van der Waals surface area contributed by atoms with Gasteiger partial charge in [-0.25, -0.2) is 14.8 Å². The van der Waals surface area contributed by atoms with Crippen LogP contribution in [0.1, 0.15) is 79.4 Å². The zero-order valence-corrected chi connectivity index (χ0v) is 34.6. The Bertz CT molecular complexity index is 2250. The second kappa shape index (κ2) is 16.8. The molecule has 3 aromatic rings. The molecule has 9 rings (SSSR count). The zero-order chi connectivity index (χ0) is 43.2. The molecule has 1 unspecified atom stereocenters. The van der Waals surface area contributed by atoms with Crippen LogP contribution in [0.25, 0.3) is 4.85 Å². The smallest absolute Gasteiger partial charge is 0.372 e. The van der Waals surface area contributed by atoms with Gasteiger partial charge >= 0.3 is 6.18 Å². The number of benzene rings is 1. The van der Waals surface area contributed by atoms with Crippen LogP contribution >= 0.6 is 0 Å². The SMILES string of the molecule is [C-]#[N+]c1ccc(N2CCC(C(=O)Nc3ccc(N4CCC(CCN5CCC6(CC5)CN(c5ccc7c(n5)CN(C5CCC(=O)NC5=O)C7=O)C6)CC4)cn3)CC2)cc1C(F)(F)F. The Morgan fingerprint density at radius 3 is 2.27 bits per heavy atom. The van der Waals surface area contributed by atoms with Gasteiger partial charge in [-0.05, 0) is 113 Å². The van der Waals surface area contributed by atoms with Crippen LogP contribution in [0, 0.1) is 23.8 Å². The molecule has 1 spiro atoms. The van der Waals surface area contributed by atoms with Crippen molar-refractivity contribution in [1.29, 1.82) is 0 Å². The molecule has 8 heterocycles. The number of likely N-dealkylation sites (tertiary alicyclic amines) is 1. The summed E-state index contributed by atoms with van der Waals surface area (Å²) in [5, 5.41) is 5.28. The summed E-state index contributed by atoms with van der Waals surface area (Å²) in [6, 6.07) is 10.7. The molecular weight excluding hydrogens is 802 g/mol. The second-order valence-corrected chi connectivity index (χ2v) is 17.9. The Kier molecular flexibility index (Phi) is 11.3. The van der Waals surface area contributed by atoms with Crippen LogP contribution in [-0.4, -0.2) is 108 Å². The van der Waals surface area contributed by atoms with Crippen LogP contribution in [0.2, 0.25) is 0 Å². The van der Waals surface area contributed by atoms with Gasteiger partial charge in [0.25, 0.3) is 5.91 Å². The highest BCUT2D eigenvalue weighted by atomic mass is 19.4. The molecule has 4 amide bonds. The third kappa shape index (κ3) is 8.53.